The molecule has 2 rings (SSSR count). The van der Waals surface area contributed by atoms with Crippen LogP contribution in [0.2, 0.25) is 0 Å². The minimum absolute atomic E-state index is 0.219. The molecule has 228 valence electrons. The molecule has 0 bridgehead atoms. The van der Waals surface area contributed by atoms with Crippen molar-refractivity contribution in [2.75, 3.05) is 47.7 Å². The van der Waals surface area contributed by atoms with Crippen LogP contribution >= 0.6 is 20.0 Å². The molecule has 1 amide bonds. The highest BCUT2D eigenvalue weighted by atomic mass is 32.1. The van der Waals surface area contributed by atoms with E-state index in [-0.39, 0.29) is 25.2 Å². The molecular formula is C22H42N3O12PS. The van der Waals surface area contributed by atoms with Gasteiger partial charge in [0.25, 0.3) is 0 Å². The summed E-state index contributed by atoms with van der Waals surface area (Å²) in [4.78, 5) is 21.3. The summed E-state index contributed by atoms with van der Waals surface area (Å²) in [6, 6.07) is -1.30. The lowest BCUT2D eigenvalue weighted by Crippen LogP contribution is -2.64. The summed E-state index contributed by atoms with van der Waals surface area (Å²) in [7, 11) is -0.153. The molecular weight excluding hydrogens is 561 g/mol. The average molecular weight is 604 g/mol. The summed E-state index contributed by atoms with van der Waals surface area (Å²) >= 11 is 5.41. The lowest BCUT2D eigenvalue weighted by atomic mass is 9.97. The molecule has 0 aromatic heterocycles. The number of phosphoric ester groups is 1. The van der Waals surface area contributed by atoms with E-state index in [4.69, 9.17) is 35.7 Å². The van der Waals surface area contributed by atoms with Crippen molar-refractivity contribution in [2.45, 2.75) is 75.1 Å². The maximum Gasteiger partial charge on any atom is 0.472 e. The summed E-state index contributed by atoms with van der Waals surface area (Å²) in [5, 5.41) is 38.9. The van der Waals surface area contributed by atoms with Gasteiger partial charge in [-0.3, -0.25) is 13.8 Å². The fraction of sp³-hybridized carbons (Fsp3) is 0.909. The van der Waals surface area contributed by atoms with Gasteiger partial charge in [0, 0.05) is 47.3 Å². The van der Waals surface area contributed by atoms with E-state index in [9.17, 15) is 29.6 Å². The highest BCUT2D eigenvalue weighted by Crippen LogP contribution is 2.48. The van der Waals surface area contributed by atoms with E-state index in [1.807, 2.05) is 0 Å². The van der Waals surface area contributed by atoms with Crippen LogP contribution in [0.4, 0.5) is 0 Å². The first-order valence-electron chi connectivity index (χ1n) is 12.6. The van der Waals surface area contributed by atoms with Gasteiger partial charge in [0.1, 0.15) is 36.6 Å². The van der Waals surface area contributed by atoms with E-state index < -0.39 is 63.2 Å². The molecule has 7 N–H and O–H groups in total. The number of nitrogens with one attached hydrogen (secondary N) is 3. The van der Waals surface area contributed by atoms with Crippen LogP contribution in [-0.4, -0.2) is 128 Å². The Hall–Kier alpha value is -1.01. The number of phosphoric acid groups is 1. The normalized spacial score (nSPS) is 34.3. The molecule has 1 aliphatic carbocycles. The van der Waals surface area contributed by atoms with E-state index in [1.54, 1.807) is 0 Å². The maximum atomic E-state index is 12.0. The molecule has 1 saturated carbocycles. The van der Waals surface area contributed by atoms with E-state index >= 15 is 0 Å². The van der Waals surface area contributed by atoms with Crippen molar-refractivity contribution in [3.63, 3.8) is 0 Å². The van der Waals surface area contributed by atoms with Crippen LogP contribution in [0.5, 0.6) is 0 Å². The van der Waals surface area contributed by atoms with Gasteiger partial charge in [0.15, 0.2) is 11.4 Å². The second-order valence-corrected chi connectivity index (χ2v) is 11.3. The molecule has 39 heavy (non-hydrogen) atoms. The number of rotatable bonds is 15. The number of carbonyl (C=O) groups excluding carboxylic acids is 1. The highest BCUT2D eigenvalue weighted by Gasteiger charge is 2.48. The SMILES string of the molecule is COC[C@H]1C[C@H](NC(=S)NCCCCO[C@@H]2O[C@H](CO)[C@H](O)[C@H](O)[C@H]2NC(C)=O)[C@@H](OC)C1OP(=O)(O)OC. The van der Waals surface area contributed by atoms with Gasteiger partial charge in [-0.25, -0.2) is 4.57 Å². The predicted octanol–water partition coefficient (Wildman–Crippen LogP) is -1.63. The second-order valence-electron chi connectivity index (χ2n) is 9.39. The van der Waals surface area contributed by atoms with Crippen LogP contribution in [0.1, 0.15) is 26.2 Å². The Balaban J connectivity index is 1.79. The molecule has 0 spiro atoms. The first-order valence-corrected chi connectivity index (χ1v) is 14.5. The number of hydrogen-bond donors (Lipinski definition) is 7. The molecule has 15 nitrogen and oxygen atoms in total. The Morgan fingerprint density at radius 3 is 2.44 bits per heavy atom. The molecule has 2 aliphatic rings. The molecule has 0 radical (unpaired) electrons. The lowest BCUT2D eigenvalue weighted by Gasteiger charge is -2.42. The number of ether oxygens (including phenoxy) is 4. The molecule has 0 aromatic rings. The highest BCUT2D eigenvalue weighted by molar-refractivity contribution is 7.80. The predicted molar refractivity (Wildman–Crippen MR) is 141 cm³/mol. The van der Waals surface area contributed by atoms with Crippen LogP contribution in [0.25, 0.3) is 0 Å². The van der Waals surface area contributed by atoms with Crippen molar-refractivity contribution in [1.29, 1.82) is 0 Å². The van der Waals surface area contributed by atoms with Crippen molar-refractivity contribution in [3.05, 3.63) is 0 Å². The molecule has 17 heteroatoms. The number of aliphatic hydroxyl groups excluding tert-OH is 3. The molecule has 1 aliphatic heterocycles. The van der Waals surface area contributed by atoms with Crippen molar-refractivity contribution in [1.82, 2.24) is 16.0 Å². The summed E-state index contributed by atoms with van der Waals surface area (Å²) in [6.45, 7) is 1.76. The van der Waals surface area contributed by atoms with Crippen molar-refractivity contribution >= 4 is 31.1 Å². The van der Waals surface area contributed by atoms with Crippen molar-refractivity contribution < 1.29 is 57.6 Å². The van der Waals surface area contributed by atoms with Crippen molar-refractivity contribution in [2.24, 2.45) is 5.92 Å². The lowest BCUT2D eigenvalue weighted by molar-refractivity contribution is -0.270. The van der Waals surface area contributed by atoms with Gasteiger partial charge >= 0.3 is 7.82 Å². The zero-order chi connectivity index (χ0) is 29.2. The van der Waals surface area contributed by atoms with Crippen LogP contribution in [0.15, 0.2) is 0 Å². The fourth-order valence-corrected chi connectivity index (χ4v) is 5.65. The number of carbonyl (C=O) groups is 1. The van der Waals surface area contributed by atoms with Gasteiger partial charge in [0.2, 0.25) is 5.91 Å². The number of aliphatic hydroxyl groups is 3. The topological polar surface area (TPSA) is 207 Å². The van der Waals surface area contributed by atoms with Crippen molar-refractivity contribution in [3.8, 4) is 0 Å². The third-order valence-corrected chi connectivity index (χ3v) is 7.82. The first kappa shape index (κ1) is 34.2. The van der Waals surface area contributed by atoms with Crippen LogP contribution < -0.4 is 16.0 Å². The van der Waals surface area contributed by atoms with Gasteiger partial charge < -0.3 is 55.1 Å². The minimum atomic E-state index is -4.25. The number of hydrogen-bond acceptors (Lipinski definition) is 12. The molecule has 2 unspecified atom stereocenters. The summed E-state index contributed by atoms with van der Waals surface area (Å²) < 4.78 is 44.0. The van der Waals surface area contributed by atoms with Crippen LogP contribution in [0, 0.1) is 5.92 Å². The smallest absolute Gasteiger partial charge is 0.394 e. The zero-order valence-corrected chi connectivity index (χ0v) is 24.3. The Morgan fingerprint density at radius 2 is 1.85 bits per heavy atom. The number of thiocarbonyl (C=S) groups is 1. The van der Waals surface area contributed by atoms with Crippen LogP contribution in [-0.2, 0) is 37.4 Å². The van der Waals surface area contributed by atoms with E-state index in [2.05, 4.69) is 20.5 Å². The maximum absolute atomic E-state index is 12.0. The van der Waals surface area contributed by atoms with E-state index in [0.29, 0.717) is 30.9 Å². The van der Waals surface area contributed by atoms with Gasteiger partial charge in [0.05, 0.1) is 19.3 Å². The number of methoxy groups -OCH3 is 2. The Bertz CT molecular complexity index is 829. The summed E-state index contributed by atoms with van der Waals surface area (Å²) in [6.07, 6.45) is -4.43. The Labute approximate surface area is 233 Å². The van der Waals surface area contributed by atoms with Crippen LogP contribution in [0.3, 0.4) is 0 Å². The van der Waals surface area contributed by atoms with E-state index in [1.165, 1.54) is 21.1 Å². The van der Waals surface area contributed by atoms with Gasteiger partial charge in [-0.15, -0.1) is 0 Å². The minimum Gasteiger partial charge on any atom is -0.394 e. The van der Waals surface area contributed by atoms with Gasteiger partial charge in [-0.2, -0.15) is 0 Å². The second kappa shape index (κ2) is 16.4. The fourth-order valence-electron chi connectivity index (χ4n) is 4.71. The third kappa shape index (κ3) is 10.1. The molecule has 1 saturated heterocycles. The monoisotopic (exact) mass is 603 g/mol. The molecule has 1 heterocycles. The Kier molecular flexibility index (Phi) is 14.4. The first-order chi connectivity index (χ1) is 18.5. The molecule has 0 aromatic carbocycles. The zero-order valence-electron chi connectivity index (χ0n) is 22.6. The Morgan fingerprint density at radius 1 is 1.13 bits per heavy atom. The summed E-state index contributed by atoms with van der Waals surface area (Å²) in [5.41, 5.74) is 0. The number of amides is 1. The standard InChI is InChI=1S/C22H42N3O12PS/c1-12(27)24-16-18(29)17(28)15(10-26)36-21(16)35-8-6-5-7-23-22(39)25-14-9-13(11-32-2)19(20(14)33-3)37-38(30,31)34-4/h13-21,26,28-29H,5-11H2,1-4H3,(H,24,27)(H,30,31)(H2,23,25,39)/t13-,14+,15-,16-,17+,18-,19?,20-,21-/m1/s1. The third-order valence-electron chi connectivity index (χ3n) is 6.59. The number of unbranched alkanes of at least 4 members (excludes halogenated alkanes) is 1. The van der Waals surface area contributed by atoms with Gasteiger partial charge in [-0.05, 0) is 31.5 Å². The molecule has 2 fully saturated rings. The largest absolute Gasteiger partial charge is 0.472 e. The summed E-state index contributed by atoms with van der Waals surface area (Å²) in [5.74, 6) is -0.661. The van der Waals surface area contributed by atoms with E-state index in [0.717, 1.165) is 7.11 Å². The molecule has 10 atom stereocenters. The quantitative estimate of drug-likeness (QED) is 0.0637. The average Bonchev–Trinajstić information content (AvgIpc) is 3.19. The van der Waals surface area contributed by atoms with Gasteiger partial charge in [-0.1, -0.05) is 0 Å².